The molecule has 0 aliphatic rings. The van der Waals surface area contributed by atoms with Gasteiger partial charge in [0.25, 0.3) is 0 Å². The van der Waals surface area contributed by atoms with Crippen molar-refractivity contribution in [1.29, 1.82) is 5.26 Å². The topological polar surface area (TPSA) is 91.2 Å². The first-order valence-electron chi connectivity index (χ1n) is 5.67. The minimum atomic E-state index is -0.377. The van der Waals surface area contributed by atoms with E-state index in [-0.39, 0.29) is 31.4 Å². The van der Waals surface area contributed by atoms with Gasteiger partial charge in [-0.2, -0.15) is 5.26 Å². The third-order valence-corrected chi connectivity index (χ3v) is 2.28. The van der Waals surface area contributed by atoms with Crippen LogP contribution in [0, 0.1) is 11.3 Å². The lowest BCUT2D eigenvalue weighted by atomic mass is 10.1. The number of anilines is 1. The molecule has 1 aromatic carbocycles. The van der Waals surface area contributed by atoms with Crippen LogP contribution in [0.2, 0.25) is 0 Å². The zero-order valence-corrected chi connectivity index (χ0v) is 10.6. The number of carbonyl (C=O) groups is 2. The number of nitriles is 1. The molecule has 0 aromatic heterocycles. The summed E-state index contributed by atoms with van der Waals surface area (Å²) in [5, 5.41) is 13.7. The van der Waals surface area contributed by atoms with Gasteiger partial charge in [-0.3, -0.25) is 9.59 Å². The average molecular weight is 261 g/mol. The van der Waals surface area contributed by atoms with E-state index in [1.807, 2.05) is 0 Å². The summed E-state index contributed by atoms with van der Waals surface area (Å²) in [6.07, 6.45) is -0.204. The summed E-state index contributed by atoms with van der Waals surface area (Å²) < 4.78 is 4.70. The molecule has 0 saturated carbocycles. The van der Waals surface area contributed by atoms with Gasteiger partial charge < -0.3 is 15.4 Å². The molecule has 6 nitrogen and oxygen atoms in total. The molecule has 0 aliphatic carbocycles. The molecule has 2 N–H and O–H groups in total. The van der Waals surface area contributed by atoms with Crippen LogP contribution >= 0.6 is 0 Å². The van der Waals surface area contributed by atoms with Gasteiger partial charge in [0.15, 0.2) is 0 Å². The quantitative estimate of drug-likeness (QED) is 0.792. The van der Waals surface area contributed by atoms with Gasteiger partial charge in [0.05, 0.1) is 6.07 Å². The number of carbonyl (C=O) groups excluding carboxylic acids is 2. The molecule has 19 heavy (non-hydrogen) atoms. The van der Waals surface area contributed by atoms with E-state index in [0.29, 0.717) is 5.69 Å². The van der Waals surface area contributed by atoms with Crippen LogP contribution in [-0.2, 0) is 20.9 Å². The second-order valence-electron chi connectivity index (χ2n) is 3.75. The number of amides is 2. The second-order valence-corrected chi connectivity index (χ2v) is 3.75. The number of ether oxygens (including phenoxy) is 1. The van der Waals surface area contributed by atoms with Crippen molar-refractivity contribution in [3.63, 3.8) is 0 Å². The maximum absolute atomic E-state index is 11.4. The molecule has 0 aliphatic heterocycles. The fraction of sp³-hybridized carbons (Fsp3) is 0.308. The number of rotatable bonds is 6. The van der Waals surface area contributed by atoms with Crippen molar-refractivity contribution < 1.29 is 14.3 Å². The van der Waals surface area contributed by atoms with E-state index in [9.17, 15) is 9.59 Å². The molecular formula is C13H15N3O3. The normalized spacial score (nSPS) is 9.47. The Balaban J connectivity index is 2.65. The standard InChI is InChI=1S/C13H15N3O3/c1-19-9-13(18)15-8-10-4-2-3-5-11(10)16-12(17)6-7-14/h2-5H,6,8-9H2,1H3,(H,15,18)(H,16,17). The minimum absolute atomic E-state index is 0.0110. The van der Waals surface area contributed by atoms with E-state index in [1.165, 1.54) is 7.11 Å². The van der Waals surface area contributed by atoms with Crippen molar-refractivity contribution in [2.24, 2.45) is 0 Å². The molecule has 0 atom stereocenters. The lowest BCUT2D eigenvalue weighted by Crippen LogP contribution is -2.27. The summed E-state index contributed by atoms with van der Waals surface area (Å²) in [6, 6.07) is 8.85. The van der Waals surface area contributed by atoms with Gasteiger partial charge in [0.2, 0.25) is 11.8 Å². The van der Waals surface area contributed by atoms with Crippen molar-refractivity contribution in [3.05, 3.63) is 29.8 Å². The van der Waals surface area contributed by atoms with Crippen LogP contribution in [-0.4, -0.2) is 25.5 Å². The van der Waals surface area contributed by atoms with Gasteiger partial charge in [0, 0.05) is 19.3 Å². The number of methoxy groups -OCH3 is 1. The fourth-order valence-corrected chi connectivity index (χ4v) is 1.44. The van der Waals surface area contributed by atoms with Crippen LogP contribution in [0.3, 0.4) is 0 Å². The molecule has 2 amide bonds. The molecule has 0 unspecified atom stereocenters. The highest BCUT2D eigenvalue weighted by molar-refractivity contribution is 5.92. The van der Waals surface area contributed by atoms with Gasteiger partial charge in [-0.1, -0.05) is 18.2 Å². The van der Waals surface area contributed by atoms with E-state index in [0.717, 1.165) is 5.56 Å². The van der Waals surface area contributed by atoms with Crippen LogP contribution in [0.5, 0.6) is 0 Å². The molecule has 1 rings (SSSR count). The first-order valence-corrected chi connectivity index (χ1v) is 5.67. The van der Waals surface area contributed by atoms with Gasteiger partial charge in [-0.15, -0.1) is 0 Å². The van der Waals surface area contributed by atoms with Gasteiger partial charge >= 0.3 is 0 Å². The maximum Gasteiger partial charge on any atom is 0.246 e. The van der Waals surface area contributed by atoms with E-state index >= 15 is 0 Å². The summed E-state index contributed by atoms with van der Waals surface area (Å²) in [5.74, 6) is -0.612. The molecule has 0 radical (unpaired) electrons. The van der Waals surface area contributed by atoms with Crippen molar-refractivity contribution in [1.82, 2.24) is 5.32 Å². The largest absolute Gasteiger partial charge is 0.375 e. The fourth-order valence-electron chi connectivity index (χ4n) is 1.44. The van der Waals surface area contributed by atoms with Crippen LogP contribution in [0.15, 0.2) is 24.3 Å². The highest BCUT2D eigenvalue weighted by atomic mass is 16.5. The van der Waals surface area contributed by atoms with Crippen LogP contribution in [0.25, 0.3) is 0 Å². The second kappa shape index (κ2) is 7.84. The summed E-state index contributed by atoms with van der Waals surface area (Å²) in [7, 11) is 1.44. The molecule has 0 saturated heterocycles. The predicted octanol–water partition coefficient (Wildman–Crippen LogP) is 0.801. The van der Waals surface area contributed by atoms with E-state index in [4.69, 9.17) is 10.00 Å². The summed E-state index contributed by atoms with van der Waals surface area (Å²) >= 11 is 0. The SMILES string of the molecule is COCC(=O)NCc1ccccc1NC(=O)CC#N. The van der Waals surface area contributed by atoms with E-state index in [1.54, 1.807) is 30.3 Å². The van der Waals surface area contributed by atoms with Crippen LogP contribution in [0.4, 0.5) is 5.69 Å². The molecule has 100 valence electrons. The third kappa shape index (κ3) is 5.19. The monoisotopic (exact) mass is 261 g/mol. The number of hydrogen-bond donors (Lipinski definition) is 2. The third-order valence-electron chi connectivity index (χ3n) is 2.28. The molecule has 0 fully saturated rings. The summed E-state index contributed by atoms with van der Waals surface area (Å²) in [6.45, 7) is 0.272. The molecule has 1 aromatic rings. The molecule has 0 heterocycles. The van der Waals surface area contributed by atoms with E-state index < -0.39 is 0 Å². The minimum Gasteiger partial charge on any atom is -0.375 e. The summed E-state index contributed by atoms with van der Waals surface area (Å²) in [4.78, 5) is 22.7. The number of benzene rings is 1. The maximum atomic E-state index is 11.4. The molecular weight excluding hydrogens is 246 g/mol. The Morgan fingerprint density at radius 2 is 2.05 bits per heavy atom. The lowest BCUT2D eigenvalue weighted by Gasteiger charge is -2.11. The Bertz CT molecular complexity index is 494. The zero-order chi connectivity index (χ0) is 14.1. The lowest BCUT2D eigenvalue weighted by molar-refractivity contribution is -0.124. The zero-order valence-electron chi connectivity index (χ0n) is 10.6. The first kappa shape index (κ1) is 14.7. The predicted molar refractivity (Wildman–Crippen MR) is 69.0 cm³/mol. The number of hydrogen-bond acceptors (Lipinski definition) is 4. The van der Waals surface area contributed by atoms with Gasteiger partial charge in [-0.25, -0.2) is 0 Å². The van der Waals surface area contributed by atoms with Crippen molar-refractivity contribution in [3.8, 4) is 6.07 Å². The molecule has 0 spiro atoms. The van der Waals surface area contributed by atoms with Crippen molar-refractivity contribution in [2.75, 3.05) is 19.0 Å². The Kier molecular flexibility index (Phi) is 6.06. The number of nitrogens with zero attached hydrogens (tertiary/aromatic N) is 1. The number of nitrogens with one attached hydrogen (secondary N) is 2. The van der Waals surface area contributed by atoms with Gasteiger partial charge in [-0.05, 0) is 11.6 Å². The Labute approximate surface area is 111 Å². The van der Waals surface area contributed by atoms with Crippen LogP contribution in [0.1, 0.15) is 12.0 Å². The van der Waals surface area contributed by atoms with Gasteiger partial charge in [0.1, 0.15) is 13.0 Å². The van der Waals surface area contributed by atoms with E-state index in [2.05, 4.69) is 10.6 Å². The highest BCUT2D eigenvalue weighted by Gasteiger charge is 2.07. The smallest absolute Gasteiger partial charge is 0.246 e. The van der Waals surface area contributed by atoms with Crippen molar-refractivity contribution >= 4 is 17.5 Å². The van der Waals surface area contributed by atoms with Crippen LogP contribution < -0.4 is 10.6 Å². The Morgan fingerprint density at radius 1 is 1.32 bits per heavy atom. The van der Waals surface area contributed by atoms with Crippen molar-refractivity contribution in [2.45, 2.75) is 13.0 Å². The molecule has 0 bridgehead atoms. The highest BCUT2D eigenvalue weighted by Crippen LogP contribution is 2.14. The Hall–Kier alpha value is -2.39. The first-order chi connectivity index (χ1) is 9.17. The Morgan fingerprint density at radius 3 is 2.74 bits per heavy atom. The molecule has 6 heteroatoms. The average Bonchev–Trinajstić information content (AvgIpc) is 2.38. The number of para-hydroxylation sites is 1. The summed E-state index contributed by atoms with van der Waals surface area (Å²) in [5.41, 5.74) is 1.35.